The Morgan fingerprint density at radius 1 is 1.24 bits per heavy atom. The molecule has 2 aliphatic rings. The van der Waals surface area contributed by atoms with Crippen LogP contribution in [0.2, 0.25) is 0 Å². The summed E-state index contributed by atoms with van der Waals surface area (Å²) in [5.74, 6) is -2.06. The minimum atomic E-state index is -0.955. The third-order valence-corrected chi connectivity index (χ3v) is 4.18. The fourth-order valence-electron chi connectivity index (χ4n) is 3.14. The first kappa shape index (κ1) is 14.4. The average molecular weight is 295 g/mol. The quantitative estimate of drug-likeness (QED) is 0.892. The zero-order valence-electron chi connectivity index (χ0n) is 11.7. The maximum Gasteiger partial charge on any atom is 0.238 e. The number of benzene rings is 1. The second-order valence-corrected chi connectivity index (χ2v) is 5.84. The molecule has 2 aliphatic heterocycles. The molecule has 2 bridgehead atoms. The minimum Gasteiger partial charge on any atom is -0.325 e. The second-order valence-electron chi connectivity index (χ2n) is 5.84. The van der Waals surface area contributed by atoms with E-state index in [1.165, 1.54) is 12.5 Å². The van der Waals surface area contributed by atoms with Gasteiger partial charge in [-0.25, -0.2) is 8.78 Å². The third kappa shape index (κ3) is 3.57. The summed E-state index contributed by atoms with van der Waals surface area (Å²) in [6.07, 6.45) is 3.43. The van der Waals surface area contributed by atoms with Gasteiger partial charge in [-0.1, -0.05) is 0 Å². The molecule has 1 aromatic rings. The van der Waals surface area contributed by atoms with E-state index in [9.17, 15) is 13.6 Å². The van der Waals surface area contributed by atoms with E-state index in [4.69, 9.17) is 0 Å². The third-order valence-electron chi connectivity index (χ3n) is 4.18. The van der Waals surface area contributed by atoms with Gasteiger partial charge in [-0.05, 0) is 31.4 Å². The fourth-order valence-corrected chi connectivity index (χ4v) is 3.14. The molecule has 2 saturated heterocycles. The molecule has 2 N–H and O–H groups in total. The SMILES string of the molecule is O=C(CN1CCC2CCC(C1)N2)Nc1ccc(F)c(F)c1. The monoisotopic (exact) mass is 295 g/mol. The molecule has 4 nitrogen and oxygen atoms in total. The smallest absolute Gasteiger partial charge is 0.238 e. The Kier molecular flexibility index (Phi) is 4.17. The van der Waals surface area contributed by atoms with E-state index >= 15 is 0 Å². The lowest BCUT2D eigenvalue weighted by atomic mass is 10.1. The van der Waals surface area contributed by atoms with E-state index in [1.807, 2.05) is 0 Å². The maximum atomic E-state index is 13.1. The highest BCUT2D eigenvalue weighted by molar-refractivity contribution is 5.92. The number of fused-ring (bicyclic) bond motifs is 2. The summed E-state index contributed by atoms with van der Waals surface area (Å²) in [5.41, 5.74) is 0.286. The molecular formula is C15H19F2N3O. The first-order valence-electron chi connectivity index (χ1n) is 7.33. The molecule has 2 unspecified atom stereocenters. The summed E-state index contributed by atoms with van der Waals surface area (Å²) < 4.78 is 25.9. The van der Waals surface area contributed by atoms with Gasteiger partial charge in [-0.15, -0.1) is 0 Å². The number of nitrogens with one attached hydrogen (secondary N) is 2. The van der Waals surface area contributed by atoms with Gasteiger partial charge >= 0.3 is 0 Å². The van der Waals surface area contributed by atoms with Crippen molar-refractivity contribution in [2.75, 3.05) is 25.0 Å². The van der Waals surface area contributed by atoms with Crippen molar-refractivity contribution in [1.82, 2.24) is 10.2 Å². The number of likely N-dealkylation sites (tertiary alicyclic amines) is 1. The molecule has 0 saturated carbocycles. The Hall–Kier alpha value is -1.53. The molecule has 0 aromatic heterocycles. The van der Waals surface area contributed by atoms with Crippen molar-refractivity contribution >= 4 is 11.6 Å². The predicted molar refractivity (Wildman–Crippen MR) is 76.0 cm³/mol. The number of anilines is 1. The Morgan fingerprint density at radius 3 is 2.86 bits per heavy atom. The van der Waals surface area contributed by atoms with Gasteiger partial charge in [0, 0.05) is 36.9 Å². The number of rotatable bonds is 3. The molecular weight excluding hydrogens is 276 g/mol. The van der Waals surface area contributed by atoms with Gasteiger partial charge < -0.3 is 10.6 Å². The van der Waals surface area contributed by atoms with E-state index in [0.29, 0.717) is 12.1 Å². The number of hydrogen-bond acceptors (Lipinski definition) is 3. The molecule has 6 heteroatoms. The molecule has 0 spiro atoms. The van der Waals surface area contributed by atoms with Gasteiger partial charge in [-0.2, -0.15) is 0 Å². The predicted octanol–water partition coefficient (Wildman–Crippen LogP) is 1.73. The van der Waals surface area contributed by atoms with E-state index in [-0.39, 0.29) is 18.1 Å². The van der Waals surface area contributed by atoms with Crippen molar-refractivity contribution in [2.24, 2.45) is 0 Å². The Balaban J connectivity index is 1.55. The van der Waals surface area contributed by atoms with E-state index in [1.54, 1.807) is 0 Å². The van der Waals surface area contributed by atoms with Crippen LogP contribution in [-0.2, 0) is 4.79 Å². The van der Waals surface area contributed by atoms with Crippen molar-refractivity contribution < 1.29 is 13.6 Å². The first-order valence-corrected chi connectivity index (χ1v) is 7.33. The van der Waals surface area contributed by atoms with Crippen LogP contribution in [0.4, 0.5) is 14.5 Å². The summed E-state index contributed by atoms with van der Waals surface area (Å²) >= 11 is 0. The van der Waals surface area contributed by atoms with Crippen LogP contribution in [0.3, 0.4) is 0 Å². The molecule has 2 heterocycles. The van der Waals surface area contributed by atoms with Crippen molar-refractivity contribution in [3.05, 3.63) is 29.8 Å². The highest BCUT2D eigenvalue weighted by atomic mass is 19.2. The van der Waals surface area contributed by atoms with Gasteiger partial charge in [0.25, 0.3) is 0 Å². The molecule has 3 rings (SSSR count). The van der Waals surface area contributed by atoms with Crippen molar-refractivity contribution in [2.45, 2.75) is 31.3 Å². The van der Waals surface area contributed by atoms with Crippen LogP contribution in [0, 0.1) is 11.6 Å². The van der Waals surface area contributed by atoms with Gasteiger partial charge in [-0.3, -0.25) is 9.69 Å². The highest BCUT2D eigenvalue weighted by Gasteiger charge is 2.29. The molecule has 0 aliphatic carbocycles. The lowest BCUT2D eigenvalue weighted by Gasteiger charge is -2.23. The number of amides is 1. The number of carbonyl (C=O) groups is 1. The summed E-state index contributed by atoms with van der Waals surface area (Å²) in [4.78, 5) is 14.1. The highest BCUT2D eigenvalue weighted by Crippen LogP contribution is 2.20. The molecule has 2 atom stereocenters. The lowest BCUT2D eigenvalue weighted by Crippen LogP contribution is -2.39. The van der Waals surface area contributed by atoms with Crippen LogP contribution in [0.25, 0.3) is 0 Å². The number of hydrogen-bond donors (Lipinski definition) is 2. The van der Waals surface area contributed by atoms with Crippen LogP contribution in [0.15, 0.2) is 18.2 Å². The van der Waals surface area contributed by atoms with Crippen molar-refractivity contribution in [1.29, 1.82) is 0 Å². The van der Waals surface area contributed by atoms with Gasteiger partial charge in [0.1, 0.15) is 0 Å². The van der Waals surface area contributed by atoms with Gasteiger partial charge in [0.2, 0.25) is 5.91 Å². The number of halogens is 2. The first-order chi connectivity index (χ1) is 10.1. The summed E-state index contributed by atoms with van der Waals surface area (Å²) in [6.45, 7) is 2.03. The standard InChI is InChI=1S/C15H19F2N3O/c16-13-4-3-11(7-14(13)17)19-15(21)9-20-6-5-10-1-2-12(8-20)18-10/h3-4,7,10,12,18H,1-2,5-6,8-9H2,(H,19,21). The van der Waals surface area contributed by atoms with Gasteiger partial charge in [0.15, 0.2) is 11.6 Å². The number of nitrogens with zero attached hydrogens (tertiary/aromatic N) is 1. The molecule has 1 amide bonds. The van der Waals surface area contributed by atoms with Crippen LogP contribution < -0.4 is 10.6 Å². The van der Waals surface area contributed by atoms with Crippen LogP contribution in [0.1, 0.15) is 19.3 Å². The largest absolute Gasteiger partial charge is 0.325 e. The molecule has 0 radical (unpaired) electrons. The normalized spacial score (nSPS) is 25.6. The van der Waals surface area contributed by atoms with Crippen molar-refractivity contribution in [3.63, 3.8) is 0 Å². The molecule has 114 valence electrons. The molecule has 21 heavy (non-hydrogen) atoms. The summed E-state index contributed by atoms with van der Waals surface area (Å²) in [6, 6.07) is 4.42. The summed E-state index contributed by atoms with van der Waals surface area (Å²) in [5, 5.41) is 6.17. The van der Waals surface area contributed by atoms with E-state index in [0.717, 1.165) is 38.1 Å². The summed E-state index contributed by atoms with van der Waals surface area (Å²) in [7, 11) is 0. The second kappa shape index (κ2) is 6.07. The molecule has 2 fully saturated rings. The zero-order valence-corrected chi connectivity index (χ0v) is 11.7. The van der Waals surface area contributed by atoms with E-state index < -0.39 is 11.6 Å². The Bertz CT molecular complexity index is 538. The average Bonchev–Trinajstić information content (AvgIpc) is 2.77. The van der Waals surface area contributed by atoms with E-state index in [2.05, 4.69) is 15.5 Å². The van der Waals surface area contributed by atoms with Crippen LogP contribution in [-0.4, -0.2) is 42.5 Å². The topological polar surface area (TPSA) is 44.4 Å². The fraction of sp³-hybridized carbons (Fsp3) is 0.533. The minimum absolute atomic E-state index is 0.196. The van der Waals surface area contributed by atoms with Crippen LogP contribution >= 0.6 is 0 Å². The zero-order chi connectivity index (χ0) is 14.8. The number of carbonyl (C=O) groups excluding carboxylic acids is 1. The Morgan fingerprint density at radius 2 is 2.05 bits per heavy atom. The lowest BCUT2D eigenvalue weighted by molar-refractivity contribution is -0.117. The van der Waals surface area contributed by atoms with Crippen molar-refractivity contribution in [3.8, 4) is 0 Å². The maximum absolute atomic E-state index is 13.1. The molecule has 1 aromatic carbocycles. The van der Waals surface area contributed by atoms with Gasteiger partial charge in [0.05, 0.1) is 6.54 Å². The van der Waals surface area contributed by atoms with Crippen LogP contribution in [0.5, 0.6) is 0 Å². The Labute approximate surface area is 122 Å².